The van der Waals surface area contributed by atoms with Crippen molar-refractivity contribution < 1.29 is 8.78 Å². The molecule has 3 rings (SSSR count). The van der Waals surface area contributed by atoms with Gasteiger partial charge < -0.3 is 0 Å². The molecule has 0 aliphatic carbocycles. The third-order valence-corrected chi connectivity index (χ3v) is 3.94. The smallest absolute Gasteiger partial charge is 0.123 e. The number of nitriles is 1. The summed E-state index contributed by atoms with van der Waals surface area (Å²) in [5.74, 6) is -0.665. The molecular formula is C23H15F2N. The normalized spacial score (nSPS) is 10.5. The Morgan fingerprint density at radius 3 is 1.65 bits per heavy atom. The van der Waals surface area contributed by atoms with Crippen LogP contribution in [0.1, 0.15) is 16.7 Å². The van der Waals surface area contributed by atoms with Crippen LogP contribution in [0.3, 0.4) is 0 Å². The topological polar surface area (TPSA) is 23.8 Å². The average molecular weight is 343 g/mol. The lowest BCUT2D eigenvalue weighted by Gasteiger charge is -2.15. The second kappa shape index (κ2) is 8.04. The van der Waals surface area contributed by atoms with Crippen LogP contribution >= 0.6 is 0 Å². The molecule has 3 heteroatoms. The Balaban J connectivity index is 2.32. The highest BCUT2D eigenvalue weighted by molar-refractivity contribution is 6.02. The lowest BCUT2D eigenvalue weighted by atomic mass is 9.89. The standard InChI is InChI=1S/C23H15F2N/c24-20-12-8-18(9-13-20)23(19-10-14-21(25)15-11-19)22(7-4-16-26)17-5-2-1-3-6-17/h1-15H. The van der Waals surface area contributed by atoms with Gasteiger partial charge in [0.15, 0.2) is 0 Å². The predicted molar refractivity (Wildman–Crippen MR) is 99.9 cm³/mol. The molecule has 0 radical (unpaired) electrons. The van der Waals surface area contributed by atoms with E-state index in [1.54, 1.807) is 30.3 Å². The first kappa shape index (κ1) is 17.3. The van der Waals surface area contributed by atoms with Crippen LogP contribution in [0.4, 0.5) is 8.78 Å². The average Bonchev–Trinajstić information content (AvgIpc) is 2.68. The first-order valence-corrected chi connectivity index (χ1v) is 8.07. The largest absolute Gasteiger partial charge is 0.207 e. The molecule has 0 aliphatic heterocycles. The number of nitrogens with zero attached hydrogens (tertiary/aromatic N) is 1. The molecule has 0 amide bonds. The molecule has 0 aromatic heterocycles. The lowest BCUT2D eigenvalue weighted by Crippen LogP contribution is -1.94. The predicted octanol–water partition coefficient (Wildman–Crippen LogP) is 6.00. The fourth-order valence-electron chi connectivity index (χ4n) is 2.77. The Hall–Kier alpha value is -3.51. The molecule has 0 heterocycles. The molecule has 1 nitrogen and oxygen atoms in total. The lowest BCUT2D eigenvalue weighted by molar-refractivity contribution is 0.627. The maximum Gasteiger partial charge on any atom is 0.123 e. The first-order chi connectivity index (χ1) is 12.7. The van der Waals surface area contributed by atoms with Crippen molar-refractivity contribution in [1.82, 2.24) is 0 Å². The molecule has 0 N–H and O–H groups in total. The molecule has 0 saturated carbocycles. The number of hydrogen-bond donors (Lipinski definition) is 0. The Kier molecular flexibility index (Phi) is 5.36. The van der Waals surface area contributed by atoms with Crippen LogP contribution in [0.2, 0.25) is 0 Å². The summed E-state index contributed by atoms with van der Waals surface area (Å²) in [4.78, 5) is 0. The molecule has 0 aliphatic rings. The molecule has 0 bridgehead atoms. The zero-order valence-corrected chi connectivity index (χ0v) is 13.9. The van der Waals surface area contributed by atoms with Crippen molar-refractivity contribution >= 4 is 11.1 Å². The van der Waals surface area contributed by atoms with Crippen LogP contribution in [0.15, 0.2) is 91.0 Å². The van der Waals surface area contributed by atoms with Crippen molar-refractivity contribution in [2.75, 3.05) is 0 Å². The summed E-state index contributed by atoms with van der Waals surface area (Å²) in [5, 5.41) is 9.00. The molecule has 126 valence electrons. The molecule has 0 fully saturated rings. The Bertz CT molecular complexity index is 930. The summed E-state index contributed by atoms with van der Waals surface area (Å²) in [6, 6.07) is 23.8. The Morgan fingerprint density at radius 1 is 0.692 bits per heavy atom. The number of benzene rings is 3. The van der Waals surface area contributed by atoms with Gasteiger partial charge in [-0.1, -0.05) is 54.6 Å². The third kappa shape index (κ3) is 3.93. The van der Waals surface area contributed by atoms with Gasteiger partial charge in [-0.2, -0.15) is 5.26 Å². The fourth-order valence-corrected chi connectivity index (χ4v) is 2.77. The van der Waals surface area contributed by atoms with E-state index in [1.807, 2.05) is 36.4 Å². The van der Waals surface area contributed by atoms with Gasteiger partial charge in [0, 0.05) is 6.08 Å². The maximum atomic E-state index is 13.4. The van der Waals surface area contributed by atoms with Crippen LogP contribution in [0, 0.1) is 23.0 Å². The highest BCUT2D eigenvalue weighted by atomic mass is 19.1. The molecular weight excluding hydrogens is 328 g/mol. The molecule has 26 heavy (non-hydrogen) atoms. The molecule has 0 unspecified atom stereocenters. The van der Waals surface area contributed by atoms with E-state index in [-0.39, 0.29) is 11.6 Å². The van der Waals surface area contributed by atoms with Crippen LogP contribution in [0.5, 0.6) is 0 Å². The highest BCUT2D eigenvalue weighted by Crippen LogP contribution is 2.33. The van der Waals surface area contributed by atoms with Crippen LogP contribution in [-0.2, 0) is 0 Å². The van der Waals surface area contributed by atoms with E-state index in [0.29, 0.717) is 0 Å². The van der Waals surface area contributed by atoms with Gasteiger partial charge in [-0.15, -0.1) is 0 Å². The molecule has 3 aromatic rings. The van der Waals surface area contributed by atoms with Gasteiger partial charge in [0.05, 0.1) is 6.07 Å². The maximum absolute atomic E-state index is 13.4. The van der Waals surface area contributed by atoms with Gasteiger partial charge in [-0.3, -0.25) is 0 Å². The zero-order valence-electron chi connectivity index (χ0n) is 13.9. The first-order valence-electron chi connectivity index (χ1n) is 8.07. The van der Waals surface area contributed by atoms with Crippen molar-refractivity contribution in [3.63, 3.8) is 0 Å². The van der Waals surface area contributed by atoms with E-state index in [2.05, 4.69) is 0 Å². The minimum atomic E-state index is -0.332. The van der Waals surface area contributed by atoms with Gasteiger partial charge in [-0.25, -0.2) is 8.78 Å². The highest BCUT2D eigenvalue weighted by Gasteiger charge is 2.13. The Labute approximate surface area is 151 Å². The second-order valence-electron chi connectivity index (χ2n) is 5.63. The van der Waals surface area contributed by atoms with E-state index in [1.165, 1.54) is 30.3 Å². The summed E-state index contributed by atoms with van der Waals surface area (Å²) in [7, 11) is 0. The van der Waals surface area contributed by atoms with Gasteiger partial charge in [0.1, 0.15) is 11.6 Å². The van der Waals surface area contributed by atoms with Gasteiger partial charge in [0.25, 0.3) is 0 Å². The molecule has 0 atom stereocenters. The van der Waals surface area contributed by atoms with Crippen molar-refractivity contribution in [1.29, 1.82) is 5.26 Å². The minimum Gasteiger partial charge on any atom is -0.207 e. The van der Waals surface area contributed by atoms with Crippen LogP contribution in [0.25, 0.3) is 11.1 Å². The number of halogens is 2. The zero-order chi connectivity index (χ0) is 18.4. The van der Waals surface area contributed by atoms with E-state index >= 15 is 0 Å². The summed E-state index contributed by atoms with van der Waals surface area (Å²) in [6.45, 7) is 0. The molecule has 0 saturated heterocycles. The summed E-state index contributed by atoms with van der Waals surface area (Å²) < 4.78 is 26.8. The molecule has 3 aromatic carbocycles. The summed E-state index contributed by atoms with van der Waals surface area (Å²) >= 11 is 0. The van der Waals surface area contributed by atoms with Crippen molar-refractivity contribution in [2.45, 2.75) is 0 Å². The Morgan fingerprint density at radius 2 is 1.19 bits per heavy atom. The minimum absolute atomic E-state index is 0.332. The van der Waals surface area contributed by atoms with Crippen molar-refractivity contribution in [3.8, 4) is 6.07 Å². The third-order valence-electron chi connectivity index (χ3n) is 3.94. The van der Waals surface area contributed by atoms with Gasteiger partial charge in [-0.05, 0) is 58.2 Å². The number of hydrogen-bond acceptors (Lipinski definition) is 1. The van der Waals surface area contributed by atoms with Crippen molar-refractivity contribution in [3.05, 3.63) is 119 Å². The van der Waals surface area contributed by atoms with E-state index in [4.69, 9.17) is 5.26 Å². The molecule has 0 spiro atoms. The van der Waals surface area contributed by atoms with Gasteiger partial charge in [0.2, 0.25) is 0 Å². The van der Waals surface area contributed by atoms with E-state index in [9.17, 15) is 8.78 Å². The number of rotatable bonds is 4. The quantitative estimate of drug-likeness (QED) is 0.324. The monoisotopic (exact) mass is 343 g/mol. The number of allylic oxidation sites excluding steroid dienone is 3. The second-order valence-corrected chi connectivity index (χ2v) is 5.63. The van der Waals surface area contributed by atoms with E-state index < -0.39 is 0 Å². The van der Waals surface area contributed by atoms with Crippen LogP contribution < -0.4 is 0 Å². The van der Waals surface area contributed by atoms with E-state index in [0.717, 1.165) is 27.8 Å². The van der Waals surface area contributed by atoms with Gasteiger partial charge >= 0.3 is 0 Å². The summed E-state index contributed by atoms with van der Waals surface area (Å²) in [5.41, 5.74) is 4.05. The fraction of sp³-hybridized carbons (Fsp3) is 0. The van der Waals surface area contributed by atoms with Crippen LogP contribution in [-0.4, -0.2) is 0 Å². The van der Waals surface area contributed by atoms with Crippen molar-refractivity contribution in [2.24, 2.45) is 0 Å². The summed E-state index contributed by atoms with van der Waals surface area (Å²) in [6.07, 6.45) is 3.12. The SMILES string of the molecule is N#CC=CC(=C(c1ccc(F)cc1)c1ccc(F)cc1)c1ccccc1.